The van der Waals surface area contributed by atoms with E-state index in [0.717, 1.165) is 12.1 Å². The number of hydrogen-bond donors (Lipinski definition) is 2. The second kappa shape index (κ2) is 11.7. The molecule has 12 heteroatoms. The number of rotatable bonds is 7. The number of aliphatic hydroxyl groups is 1. The van der Waals surface area contributed by atoms with Crippen LogP contribution >= 0.6 is 0 Å². The van der Waals surface area contributed by atoms with Gasteiger partial charge in [-0.3, -0.25) is 14.6 Å². The van der Waals surface area contributed by atoms with Crippen molar-refractivity contribution in [1.29, 1.82) is 0 Å². The maximum atomic E-state index is 13.7. The Morgan fingerprint density at radius 2 is 1.73 bits per heavy atom. The van der Waals surface area contributed by atoms with Crippen LogP contribution < -0.4 is 10.2 Å². The van der Waals surface area contributed by atoms with Crippen LogP contribution in [-0.4, -0.2) is 91.2 Å². The minimum Gasteiger partial charge on any atom is -0.388 e. The summed E-state index contributed by atoms with van der Waals surface area (Å²) in [6, 6.07) is 10.9. The Morgan fingerprint density at radius 1 is 1.05 bits per heavy atom. The first-order valence-corrected chi connectivity index (χ1v) is 13.4. The average molecular weight is 563 g/mol. The van der Waals surface area contributed by atoms with Crippen LogP contribution in [0, 0.1) is 0 Å². The number of halogens is 3. The number of epoxide rings is 1. The predicted molar refractivity (Wildman–Crippen MR) is 140 cm³/mol. The molecule has 1 unspecified atom stereocenters. The fraction of sp³-hybridized carbons (Fsp3) is 0.500. The number of alkyl halides is 3. The number of benzene rings is 2. The van der Waals surface area contributed by atoms with E-state index in [2.05, 4.69) is 10.2 Å². The first-order chi connectivity index (χ1) is 19.1. The molecule has 3 amide bonds. The standard InChI is InChI=1S/C28H33F3N4O5/c29-28(30,31)22-2-1-3-23(16-22)35(17-20-4-6-21(7-5-20)25(36)32-24-18-40-24)26(37)34-12-10-33(11-13-34)19-27(38)8-14-39-15-9-27/h1-7,16,24,38H,8-15,17-19H2,(H,32,36). The molecular weight excluding hydrogens is 529 g/mol. The summed E-state index contributed by atoms with van der Waals surface area (Å²) in [7, 11) is 0. The van der Waals surface area contributed by atoms with E-state index in [1.165, 1.54) is 17.0 Å². The summed E-state index contributed by atoms with van der Waals surface area (Å²) >= 11 is 0. The summed E-state index contributed by atoms with van der Waals surface area (Å²) in [6.07, 6.45) is -3.71. The Morgan fingerprint density at radius 3 is 2.35 bits per heavy atom. The van der Waals surface area contributed by atoms with E-state index >= 15 is 0 Å². The van der Waals surface area contributed by atoms with Gasteiger partial charge in [0.1, 0.15) is 0 Å². The van der Waals surface area contributed by atoms with E-state index in [1.54, 1.807) is 29.2 Å². The Kier molecular flexibility index (Phi) is 8.31. The molecule has 3 aliphatic rings. The van der Waals surface area contributed by atoms with Gasteiger partial charge in [-0.1, -0.05) is 18.2 Å². The van der Waals surface area contributed by atoms with Gasteiger partial charge in [0.25, 0.3) is 5.91 Å². The lowest BCUT2D eigenvalue weighted by atomic mass is 9.93. The third-order valence-corrected chi connectivity index (χ3v) is 7.48. The number of nitrogens with zero attached hydrogens (tertiary/aromatic N) is 3. The molecular formula is C28H33F3N4O5. The van der Waals surface area contributed by atoms with Gasteiger partial charge in [0.2, 0.25) is 0 Å². The molecule has 3 aliphatic heterocycles. The van der Waals surface area contributed by atoms with E-state index < -0.39 is 23.4 Å². The van der Waals surface area contributed by atoms with Gasteiger partial charge in [0.05, 0.1) is 24.3 Å². The van der Waals surface area contributed by atoms with Gasteiger partial charge in [-0.05, 0) is 35.9 Å². The number of hydrogen-bond acceptors (Lipinski definition) is 6. The number of carbonyl (C=O) groups is 2. The van der Waals surface area contributed by atoms with Crippen molar-refractivity contribution in [2.75, 3.05) is 57.4 Å². The van der Waals surface area contributed by atoms with Gasteiger partial charge in [-0.2, -0.15) is 13.2 Å². The molecule has 0 bridgehead atoms. The van der Waals surface area contributed by atoms with E-state index in [1.807, 2.05) is 0 Å². The van der Waals surface area contributed by atoms with E-state index in [4.69, 9.17) is 9.47 Å². The second-order valence-electron chi connectivity index (χ2n) is 10.5. The van der Waals surface area contributed by atoms with Crippen molar-refractivity contribution in [2.45, 2.75) is 37.4 Å². The molecule has 0 spiro atoms. The molecule has 1 atom stereocenters. The number of β-amino-alcohol motifs (C(OH)–C–C–N with tert-alkyl or cyclic N) is 1. The number of nitrogens with one attached hydrogen (secondary N) is 1. The molecule has 2 aromatic carbocycles. The Hall–Kier alpha value is -3.19. The zero-order valence-corrected chi connectivity index (χ0v) is 22.0. The normalized spacial score (nSPS) is 21.1. The van der Waals surface area contributed by atoms with Crippen molar-refractivity contribution >= 4 is 17.6 Å². The van der Waals surface area contributed by atoms with Crippen LogP contribution in [0.3, 0.4) is 0 Å². The van der Waals surface area contributed by atoms with Gasteiger partial charge < -0.3 is 24.8 Å². The van der Waals surface area contributed by atoms with E-state index in [-0.39, 0.29) is 24.4 Å². The number of anilines is 1. The predicted octanol–water partition coefficient (Wildman–Crippen LogP) is 3.08. The van der Waals surface area contributed by atoms with E-state index in [9.17, 15) is 27.9 Å². The third-order valence-electron chi connectivity index (χ3n) is 7.48. The molecule has 216 valence electrons. The quantitative estimate of drug-likeness (QED) is 0.504. The SMILES string of the molecule is O=C(NC1CO1)c1ccc(CN(C(=O)N2CCN(CC3(O)CCOCC3)CC2)c2cccc(C(F)(F)F)c2)cc1. The maximum absolute atomic E-state index is 13.7. The molecule has 0 aromatic heterocycles. The van der Waals surface area contributed by atoms with Crippen LogP contribution in [0.25, 0.3) is 0 Å². The van der Waals surface area contributed by atoms with Gasteiger partial charge in [0, 0.05) is 70.0 Å². The Labute approximate surface area is 230 Å². The topological polar surface area (TPSA) is 97.9 Å². The van der Waals surface area contributed by atoms with Gasteiger partial charge >= 0.3 is 12.2 Å². The Balaban J connectivity index is 1.30. The lowest BCUT2D eigenvalue weighted by molar-refractivity contribution is -0.137. The van der Waals surface area contributed by atoms with Crippen molar-refractivity contribution in [3.63, 3.8) is 0 Å². The third kappa shape index (κ3) is 7.11. The number of carbonyl (C=O) groups excluding carboxylic acids is 2. The summed E-state index contributed by atoms with van der Waals surface area (Å²) < 4.78 is 50.9. The highest BCUT2D eigenvalue weighted by Crippen LogP contribution is 2.32. The average Bonchev–Trinajstić information content (AvgIpc) is 3.76. The summed E-state index contributed by atoms with van der Waals surface area (Å²) in [5.74, 6) is -0.289. The van der Waals surface area contributed by atoms with Crippen molar-refractivity contribution in [2.24, 2.45) is 0 Å². The van der Waals surface area contributed by atoms with Crippen LogP contribution in [0.15, 0.2) is 48.5 Å². The number of piperazine rings is 1. The summed E-state index contributed by atoms with van der Waals surface area (Å²) in [4.78, 5) is 31.1. The van der Waals surface area contributed by atoms with Crippen LogP contribution in [0.2, 0.25) is 0 Å². The monoisotopic (exact) mass is 562 g/mol. The van der Waals surface area contributed by atoms with Gasteiger partial charge in [-0.25, -0.2) is 4.79 Å². The van der Waals surface area contributed by atoms with Gasteiger partial charge in [-0.15, -0.1) is 0 Å². The molecule has 0 aliphatic carbocycles. The fourth-order valence-corrected chi connectivity index (χ4v) is 5.02. The largest absolute Gasteiger partial charge is 0.416 e. The minimum absolute atomic E-state index is 0.0216. The zero-order valence-electron chi connectivity index (χ0n) is 22.0. The number of ether oxygens (including phenoxy) is 2. The summed E-state index contributed by atoms with van der Waals surface area (Å²) in [6.45, 7) is 3.85. The molecule has 2 N–H and O–H groups in total. The first kappa shape index (κ1) is 28.3. The zero-order chi connectivity index (χ0) is 28.3. The summed E-state index contributed by atoms with van der Waals surface area (Å²) in [5, 5.41) is 13.6. The van der Waals surface area contributed by atoms with Crippen LogP contribution in [-0.2, 0) is 22.2 Å². The summed E-state index contributed by atoms with van der Waals surface area (Å²) in [5.41, 5.74) is -0.453. The molecule has 40 heavy (non-hydrogen) atoms. The van der Waals surface area contributed by atoms with Crippen molar-refractivity contribution in [3.05, 3.63) is 65.2 Å². The molecule has 3 heterocycles. The molecule has 0 radical (unpaired) electrons. The lowest BCUT2D eigenvalue weighted by Crippen LogP contribution is -2.56. The number of urea groups is 1. The van der Waals surface area contributed by atoms with Crippen molar-refractivity contribution in [3.8, 4) is 0 Å². The second-order valence-corrected chi connectivity index (χ2v) is 10.5. The minimum atomic E-state index is -4.55. The lowest BCUT2D eigenvalue weighted by Gasteiger charge is -2.41. The molecule has 3 saturated heterocycles. The van der Waals surface area contributed by atoms with Crippen LogP contribution in [0.1, 0.15) is 34.3 Å². The highest BCUT2D eigenvalue weighted by molar-refractivity contribution is 5.94. The smallest absolute Gasteiger partial charge is 0.388 e. The molecule has 5 rings (SSSR count). The number of amides is 3. The Bertz CT molecular complexity index is 1190. The molecule has 0 saturated carbocycles. The van der Waals surface area contributed by atoms with Crippen molar-refractivity contribution in [1.82, 2.24) is 15.1 Å². The highest BCUT2D eigenvalue weighted by atomic mass is 19.4. The van der Waals surface area contributed by atoms with Crippen LogP contribution in [0.5, 0.6) is 0 Å². The van der Waals surface area contributed by atoms with Crippen molar-refractivity contribution < 1.29 is 37.3 Å². The van der Waals surface area contributed by atoms with Gasteiger partial charge in [0.15, 0.2) is 6.23 Å². The molecule has 2 aromatic rings. The first-order valence-electron chi connectivity index (χ1n) is 13.4. The molecule has 3 fully saturated rings. The fourth-order valence-electron chi connectivity index (χ4n) is 5.02. The molecule has 9 nitrogen and oxygen atoms in total. The van der Waals surface area contributed by atoms with E-state index in [0.29, 0.717) is 76.5 Å². The highest BCUT2D eigenvalue weighted by Gasteiger charge is 2.35. The maximum Gasteiger partial charge on any atom is 0.416 e. The van der Waals surface area contributed by atoms with Crippen LogP contribution in [0.4, 0.5) is 23.7 Å².